The number of morpholine rings is 1. The van der Waals surface area contributed by atoms with Gasteiger partial charge in [-0.1, -0.05) is 12.1 Å². The van der Waals surface area contributed by atoms with Crippen molar-refractivity contribution in [3.8, 4) is 5.75 Å². The van der Waals surface area contributed by atoms with Crippen LogP contribution < -0.4 is 15.4 Å². The van der Waals surface area contributed by atoms with Crippen LogP contribution in [-0.2, 0) is 4.74 Å². The van der Waals surface area contributed by atoms with Gasteiger partial charge in [0.05, 0.1) is 31.4 Å². The quantitative estimate of drug-likeness (QED) is 0.227. The summed E-state index contributed by atoms with van der Waals surface area (Å²) >= 11 is 0. The number of halogens is 1. The van der Waals surface area contributed by atoms with E-state index in [1.54, 1.807) is 12.1 Å². The lowest BCUT2D eigenvalue weighted by Gasteiger charge is -2.26. The molecule has 0 unspecified atom stereocenters. The molecule has 1 saturated heterocycles. The minimum atomic E-state index is -0.518. The summed E-state index contributed by atoms with van der Waals surface area (Å²) < 4.78 is 24.9. The Hall–Kier alpha value is -3.80. The summed E-state index contributed by atoms with van der Waals surface area (Å²) in [6.07, 6.45) is 2.35. The van der Waals surface area contributed by atoms with Gasteiger partial charge in [-0.15, -0.1) is 0 Å². The van der Waals surface area contributed by atoms with E-state index in [0.29, 0.717) is 41.4 Å². The van der Waals surface area contributed by atoms with Gasteiger partial charge in [-0.3, -0.25) is 10.00 Å². The standard InChI is InChI=1S/C28H32FN7O3/c29-20-5-3-19(4-6-20)25(17-37)31-28-30-24-15-21(39-14-11-36-9-12-38-13-10-36)7-8-22(24)27(33-28)32-26-16-23(34-35-26)18-1-2-18/h3-8,15-16,18,25,37H,1-2,9-14,17H2,(H3,30,31,32,33,34,35)/t25-/m0/s1. The Labute approximate surface area is 225 Å². The SMILES string of the molecule is OC[C@H](Nc1nc(Nc2cc(C3CC3)[nH]n2)c2ccc(OCCN3CCOCC3)cc2n1)c1ccc(F)cc1. The molecular weight excluding hydrogens is 501 g/mol. The Morgan fingerprint density at radius 1 is 1.10 bits per heavy atom. The van der Waals surface area contributed by atoms with Crippen molar-refractivity contribution in [2.45, 2.75) is 24.8 Å². The monoisotopic (exact) mass is 533 g/mol. The number of hydrogen-bond acceptors (Lipinski definition) is 9. The van der Waals surface area contributed by atoms with Crippen molar-refractivity contribution in [1.29, 1.82) is 0 Å². The summed E-state index contributed by atoms with van der Waals surface area (Å²) in [5.41, 5.74) is 2.51. The molecule has 1 atom stereocenters. The predicted octanol–water partition coefficient (Wildman–Crippen LogP) is 3.97. The highest BCUT2D eigenvalue weighted by Gasteiger charge is 2.26. The second-order valence-electron chi connectivity index (χ2n) is 9.92. The van der Waals surface area contributed by atoms with Crippen molar-refractivity contribution >= 4 is 28.5 Å². The highest BCUT2D eigenvalue weighted by molar-refractivity contribution is 5.92. The maximum Gasteiger partial charge on any atom is 0.225 e. The molecule has 1 aliphatic carbocycles. The lowest BCUT2D eigenvalue weighted by molar-refractivity contribution is 0.0322. The van der Waals surface area contributed by atoms with Crippen molar-refractivity contribution in [1.82, 2.24) is 25.1 Å². The van der Waals surface area contributed by atoms with E-state index in [4.69, 9.17) is 19.4 Å². The van der Waals surface area contributed by atoms with Gasteiger partial charge in [-0.05, 0) is 42.7 Å². The lowest BCUT2D eigenvalue weighted by Crippen LogP contribution is -2.38. The summed E-state index contributed by atoms with van der Waals surface area (Å²) in [5.74, 6) is 2.48. The number of ether oxygens (including phenoxy) is 2. The van der Waals surface area contributed by atoms with Crippen LogP contribution >= 0.6 is 0 Å². The minimum absolute atomic E-state index is 0.218. The van der Waals surface area contributed by atoms with Crippen LogP contribution in [-0.4, -0.2) is 76.2 Å². The average molecular weight is 534 g/mol. The zero-order valence-corrected chi connectivity index (χ0v) is 21.6. The van der Waals surface area contributed by atoms with E-state index in [1.807, 2.05) is 24.3 Å². The number of aliphatic hydroxyl groups is 1. The van der Waals surface area contributed by atoms with E-state index in [1.165, 1.54) is 25.0 Å². The highest BCUT2D eigenvalue weighted by Crippen LogP contribution is 2.40. The second-order valence-corrected chi connectivity index (χ2v) is 9.92. The van der Waals surface area contributed by atoms with Crippen LogP contribution in [0.15, 0.2) is 48.5 Å². The van der Waals surface area contributed by atoms with E-state index < -0.39 is 6.04 Å². The van der Waals surface area contributed by atoms with Gasteiger partial charge in [0.15, 0.2) is 5.82 Å². The molecular formula is C28H32FN7O3. The van der Waals surface area contributed by atoms with Gasteiger partial charge < -0.3 is 25.2 Å². The third-order valence-electron chi connectivity index (χ3n) is 7.07. The fourth-order valence-corrected chi connectivity index (χ4v) is 4.69. The van der Waals surface area contributed by atoms with E-state index in [2.05, 4.69) is 25.7 Å². The molecule has 1 saturated carbocycles. The first-order valence-electron chi connectivity index (χ1n) is 13.3. The molecule has 0 spiro atoms. The number of rotatable bonds is 11. The van der Waals surface area contributed by atoms with E-state index in [-0.39, 0.29) is 12.4 Å². The molecule has 2 fully saturated rings. The van der Waals surface area contributed by atoms with Gasteiger partial charge in [-0.2, -0.15) is 10.1 Å². The molecule has 10 nitrogen and oxygen atoms in total. The number of anilines is 3. The topological polar surface area (TPSA) is 120 Å². The molecule has 0 radical (unpaired) electrons. The van der Waals surface area contributed by atoms with Gasteiger partial charge in [0.1, 0.15) is 24.0 Å². The Morgan fingerprint density at radius 2 is 1.92 bits per heavy atom. The molecule has 39 heavy (non-hydrogen) atoms. The average Bonchev–Trinajstić information content (AvgIpc) is 3.71. The molecule has 3 heterocycles. The number of nitrogens with one attached hydrogen (secondary N) is 3. The first-order valence-corrected chi connectivity index (χ1v) is 13.3. The first kappa shape index (κ1) is 25.5. The summed E-state index contributed by atoms with van der Waals surface area (Å²) in [6, 6.07) is 13.2. The van der Waals surface area contributed by atoms with Crippen LogP contribution in [0.3, 0.4) is 0 Å². The van der Waals surface area contributed by atoms with Crippen LogP contribution in [0.2, 0.25) is 0 Å². The molecule has 2 aromatic heterocycles. The number of aromatic nitrogens is 4. The van der Waals surface area contributed by atoms with Crippen molar-refractivity contribution in [3.05, 3.63) is 65.6 Å². The Morgan fingerprint density at radius 3 is 2.69 bits per heavy atom. The largest absolute Gasteiger partial charge is 0.492 e. The third-order valence-corrected chi connectivity index (χ3v) is 7.07. The Balaban J connectivity index is 1.26. The minimum Gasteiger partial charge on any atom is -0.492 e. The second kappa shape index (κ2) is 11.5. The molecule has 6 rings (SSSR count). The molecule has 11 heteroatoms. The van der Waals surface area contributed by atoms with Crippen molar-refractivity contribution in [2.75, 3.05) is 56.7 Å². The maximum atomic E-state index is 13.5. The Bertz CT molecular complexity index is 1400. The summed E-state index contributed by atoms with van der Waals surface area (Å²) in [5, 5.41) is 24.9. The van der Waals surface area contributed by atoms with Gasteiger partial charge in [0.2, 0.25) is 5.95 Å². The maximum absolute atomic E-state index is 13.5. The number of nitrogens with zero attached hydrogens (tertiary/aromatic N) is 4. The summed E-state index contributed by atoms with van der Waals surface area (Å²) in [6.45, 7) is 4.49. The first-order chi connectivity index (χ1) is 19.1. The fraction of sp³-hybridized carbons (Fsp3) is 0.393. The number of fused-ring (bicyclic) bond motifs is 1. The molecule has 0 amide bonds. The zero-order valence-electron chi connectivity index (χ0n) is 21.6. The molecule has 4 N–H and O–H groups in total. The Kier molecular flexibility index (Phi) is 7.53. The zero-order chi connectivity index (χ0) is 26.6. The lowest BCUT2D eigenvalue weighted by atomic mass is 10.1. The van der Waals surface area contributed by atoms with Crippen LogP contribution in [0.1, 0.15) is 36.1 Å². The van der Waals surface area contributed by atoms with Crippen LogP contribution in [0, 0.1) is 5.82 Å². The van der Waals surface area contributed by atoms with Crippen LogP contribution in [0.25, 0.3) is 10.9 Å². The van der Waals surface area contributed by atoms with Crippen LogP contribution in [0.4, 0.5) is 22.0 Å². The molecule has 0 bridgehead atoms. The normalized spacial score (nSPS) is 16.8. The van der Waals surface area contributed by atoms with E-state index in [0.717, 1.165) is 49.5 Å². The molecule has 1 aliphatic heterocycles. The molecule has 2 aliphatic rings. The van der Waals surface area contributed by atoms with Crippen molar-refractivity contribution < 1.29 is 19.0 Å². The summed E-state index contributed by atoms with van der Waals surface area (Å²) in [7, 11) is 0. The van der Waals surface area contributed by atoms with Crippen molar-refractivity contribution in [2.24, 2.45) is 0 Å². The van der Waals surface area contributed by atoms with E-state index >= 15 is 0 Å². The molecule has 2 aromatic carbocycles. The number of aliphatic hydroxyl groups excluding tert-OH is 1. The highest BCUT2D eigenvalue weighted by atomic mass is 19.1. The molecule has 4 aromatic rings. The number of aromatic amines is 1. The third kappa shape index (κ3) is 6.27. The molecule has 204 valence electrons. The van der Waals surface area contributed by atoms with Gasteiger partial charge in [0, 0.05) is 48.8 Å². The summed E-state index contributed by atoms with van der Waals surface area (Å²) in [4.78, 5) is 11.8. The fourth-order valence-electron chi connectivity index (χ4n) is 4.69. The number of H-pyrrole nitrogens is 1. The van der Waals surface area contributed by atoms with Gasteiger partial charge >= 0.3 is 0 Å². The van der Waals surface area contributed by atoms with E-state index in [9.17, 15) is 9.50 Å². The van der Waals surface area contributed by atoms with Crippen molar-refractivity contribution in [3.63, 3.8) is 0 Å². The number of hydrogen-bond donors (Lipinski definition) is 4. The predicted molar refractivity (Wildman–Crippen MR) is 146 cm³/mol. The number of benzene rings is 2. The van der Waals surface area contributed by atoms with Gasteiger partial charge in [-0.25, -0.2) is 9.37 Å². The smallest absolute Gasteiger partial charge is 0.225 e. The van der Waals surface area contributed by atoms with Crippen LogP contribution in [0.5, 0.6) is 5.75 Å². The van der Waals surface area contributed by atoms with Gasteiger partial charge in [0.25, 0.3) is 0 Å².